The quantitative estimate of drug-likeness (QED) is 0.656. The summed E-state index contributed by atoms with van der Waals surface area (Å²) in [6, 6.07) is 1.08. The van der Waals surface area contributed by atoms with Gasteiger partial charge in [0.05, 0.1) is 6.10 Å². The maximum Gasteiger partial charge on any atom is 0.321 e. The Labute approximate surface area is 112 Å². The Bertz CT molecular complexity index is 319. The SMILES string of the molecule is CCC[SiH](OC)OC(C1C=CC=C1)C1C=CC=C1. The predicted octanol–water partition coefficient (Wildman–Crippen LogP) is 3.13. The molecule has 0 radical (unpaired) electrons. The van der Waals surface area contributed by atoms with Crippen LogP contribution in [0.3, 0.4) is 0 Å². The van der Waals surface area contributed by atoms with Crippen LogP contribution in [-0.4, -0.2) is 22.5 Å². The second-order valence-corrected chi connectivity index (χ2v) is 6.93. The third-order valence-corrected chi connectivity index (χ3v) is 5.60. The average Bonchev–Trinajstić information content (AvgIpc) is 3.06. The summed E-state index contributed by atoms with van der Waals surface area (Å²) in [5.41, 5.74) is 0. The summed E-state index contributed by atoms with van der Waals surface area (Å²) in [6.07, 6.45) is 18.6. The van der Waals surface area contributed by atoms with Crippen LogP contribution < -0.4 is 0 Å². The molecule has 0 spiro atoms. The van der Waals surface area contributed by atoms with Crippen LogP contribution in [0.2, 0.25) is 6.04 Å². The second-order valence-electron chi connectivity index (χ2n) is 4.75. The van der Waals surface area contributed by atoms with Crippen LogP contribution in [0.5, 0.6) is 0 Å². The van der Waals surface area contributed by atoms with Crippen molar-refractivity contribution >= 4 is 9.28 Å². The van der Waals surface area contributed by atoms with E-state index in [2.05, 4.69) is 55.5 Å². The van der Waals surface area contributed by atoms with Crippen LogP contribution >= 0.6 is 0 Å². The fourth-order valence-electron chi connectivity index (χ4n) is 2.43. The topological polar surface area (TPSA) is 18.5 Å². The molecule has 0 fully saturated rings. The molecule has 1 unspecified atom stereocenters. The van der Waals surface area contributed by atoms with Crippen LogP contribution in [0.25, 0.3) is 0 Å². The molecule has 0 N–H and O–H groups in total. The smallest absolute Gasteiger partial charge is 0.321 e. The Morgan fingerprint density at radius 2 is 1.50 bits per heavy atom. The van der Waals surface area contributed by atoms with Crippen molar-refractivity contribution in [2.24, 2.45) is 11.8 Å². The minimum atomic E-state index is -1.52. The van der Waals surface area contributed by atoms with Crippen molar-refractivity contribution < 1.29 is 8.85 Å². The summed E-state index contributed by atoms with van der Waals surface area (Å²) in [6.45, 7) is 2.18. The molecule has 18 heavy (non-hydrogen) atoms. The third kappa shape index (κ3) is 3.31. The van der Waals surface area contributed by atoms with Gasteiger partial charge in [0.15, 0.2) is 0 Å². The van der Waals surface area contributed by atoms with E-state index in [9.17, 15) is 0 Å². The third-order valence-electron chi connectivity index (χ3n) is 3.41. The molecule has 0 amide bonds. The van der Waals surface area contributed by atoms with E-state index < -0.39 is 9.28 Å². The Morgan fingerprint density at radius 1 is 1.00 bits per heavy atom. The number of hydrogen-bond donors (Lipinski definition) is 0. The first kappa shape index (κ1) is 13.5. The largest absolute Gasteiger partial charge is 0.400 e. The van der Waals surface area contributed by atoms with Gasteiger partial charge in [0.25, 0.3) is 0 Å². The summed E-state index contributed by atoms with van der Waals surface area (Å²) >= 11 is 0. The van der Waals surface area contributed by atoms with Gasteiger partial charge in [-0.1, -0.05) is 62.0 Å². The zero-order valence-corrected chi connectivity index (χ0v) is 12.3. The monoisotopic (exact) mass is 262 g/mol. The molecule has 0 aromatic rings. The van der Waals surface area contributed by atoms with Crippen molar-refractivity contribution in [1.29, 1.82) is 0 Å². The molecule has 0 saturated heterocycles. The lowest BCUT2D eigenvalue weighted by Crippen LogP contribution is -2.35. The number of rotatable bonds is 7. The summed E-state index contributed by atoms with van der Waals surface area (Å²) in [7, 11) is 0.263. The molecule has 0 aromatic carbocycles. The molecule has 0 bridgehead atoms. The van der Waals surface area contributed by atoms with Gasteiger partial charge in [0.1, 0.15) is 0 Å². The molecule has 2 aliphatic carbocycles. The van der Waals surface area contributed by atoms with Gasteiger partial charge in [0.2, 0.25) is 0 Å². The van der Waals surface area contributed by atoms with Gasteiger partial charge >= 0.3 is 9.28 Å². The lowest BCUT2D eigenvalue weighted by Gasteiger charge is -2.29. The van der Waals surface area contributed by atoms with Gasteiger partial charge in [-0.2, -0.15) is 0 Å². The Balaban J connectivity index is 2.04. The molecule has 3 heteroatoms. The molecule has 1 atom stereocenters. The molecule has 98 valence electrons. The number of allylic oxidation sites excluding steroid dienone is 4. The maximum atomic E-state index is 6.32. The van der Waals surface area contributed by atoms with Gasteiger partial charge in [-0.05, 0) is 6.04 Å². The Kier molecular flexibility index (Phi) is 5.17. The Hall–Kier alpha value is -0.903. The first-order valence-corrected chi connectivity index (χ1v) is 8.49. The maximum absolute atomic E-state index is 6.32. The average molecular weight is 262 g/mol. The molecule has 0 aromatic heterocycles. The van der Waals surface area contributed by atoms with Gasteiger partial charge in [-0.3, -0.25) is 0 Å². The minimum absolute atomic E-state index is 0.193. The van der Waals surface area contributed by atoms with E-state index in [4.69, 9.17) is 8.85 Å². The van der Waals surface area contributed by atoms with Crippen LogP contribution in [0, 0.1) is 11.8 Å². The van der Waals surface area contributed by atoms with Crippen LogP contribution in [0.4, 0.5) is 0 Å². The molecule has 0 heterocycles. The second kappa shape index (κ2) is 6.88. The summed E-state index contributed by atoms with van der Waals surface area (Å²) in [5.74, 6) is 0.758. The normalized spacial score (nSPS) is 20.6. The van der Waals surface area contributed by atoms with Gasteiger partial charge in [-0.15, -0.1) is 0 Å². The molecule has 0 saturated carbocycles. The van der Waals surface area contributed by atoms with E-state index in [1.807, 2.05) is 0 Å². The highest BCUT2D eigenvalue weighted by Crippen LogP contribution is 2.28. The zero-order valence-electron chi connectivity index (χ0n) is 11.2. The first-order chi connectivity index (χ1) is 8.85. The van der Waals surface area contributed by atoms with E-state index in [1.54, 1.807) is 7.11 Å². The van der Waals surface area contributed by atoms with Crippen LogP contribution in [0.1, 0.15) is 13.3 Å². The fourth-order valence-corrected chi connectivity index (χ4v) is 4.09. The molecular formula is C15H22O2Si. The highest BCUT2D eigenvalue weighted by Gasteiger charge is 2.29. The predicted molar refractivity (Wildman–Crippen MR) is 77.7 cm³/mol. The summed E-state index contributed by atoms with van der Waals surface area (Å²) < 4.78 is 11.9. The lowest BCUT2D eigenvalue weighted by molar-refractivity contribution is 0.111. The Morgan fingerprint density at radius 3 is 1.89 bits per heavy atom. The number of hydrogen-bond acceptors (Lipinski definition) is 2. The highest BCUT2D eigenvalue weighted by molar-refractivity contribution is 6.44. The van der Waals surface area contributed by atoms with Crippen molar-refractivity contribution in [1.82, 2.24) is 0 Å². The molecule has 2 rings (SSSR count). The van der Waals surface area contributed by atoms with Crippen molar-refractivity contribution in [2.45, 2.75) is 25.5 Å². The van der Waals surface area contributed by atoms with Gasteiger partial charge < -0.3 is 8.85 Å². The minimum Gasteiger partial charge on any atom is -0.400 e. The first-order valence-electron chi connectivity index (χ1n) is 6.73. The molecular weight excluding hydrogens is 240 g/mol. The van der Waals surface area contributed by atoms with Crippen LogP contribution in [-0.2, 0) is 8.85 Å². The molecule has 2 nitrogen and oxygen atoms in total. The summed E-state index contributed by atoms with van der Waals surface area (Å²) in [4.78, 5) is 0. The highest BCUT2D eigenvalue weighted by atomic mass is 28.3. The molecule has 0 aliphatic heterocycles. The van der Waals surface area contributed by atoms with Crippen molar-refractivity contribution in [2.75, 3.05) is 7.11 Å². The van der Waals surface area contributed by atoms with Gasteiger partial charge in [-0.25, -0.2) is 0 Å². The van der Waals surface area contributed by atoms with Crippen molar-refractivity contribution in [3.63, 3.8) is 0 Å². The summed E-state index contributed by atoms with van der Waals surface area (Å²) in [5, 5.41) is 0. The van der Waals surface area contributed by atoms with E-state index in [0.717, 1.165) is 12.5 Å². The van der Waals surface area contributed by atoms with E-state index in [0.29, 0.717) is 11.8 Å². The zero-order chi connectivity index (χ0) is 12.8. The lowest BCUT2D eigenvalue weighted by atomic mass is 9.93. The van der Waals surface area contributed by atoms with E-state index in [-0.39, 0.29) is 6.10 Å². The fraction of sp³-hybridized carbons (Fsp3) is 0.467. The molecule has 2 aliphatic rings. The van der Waals surface area contributed by atoms with Gasteiger partial charge in [0, 0.05) is 18.9 Å². The van der Waals surface area contributed by atoms with Crippen LogP contribution in [0.15, 0.2) is 48.6 Å². The van der Waals surface area contributed by atoms with E-state index >= 15 is 0 Å². The van der Waals surface area contributed by atoms with E-state index in [1.165, 1.54) is 0 Å². The van der Waals surface area contributed by atoms with Crippen molar-refractivity contribution in [3.8, 4) is 0 Å². The standard InChI is InChI=1S/C15H22O2Si/c1-3-12-18(16-2)17-15(13-8-4-5-9-13)14-10-6-7-11-14/h4-11,13-15,18H,3,12H2,1-2H3. The van der Waals surface area contributed by atoms with Crippen molar-refractivity contribution in [3.05, 3.63) is 48.6 Å².